The maximum absolute atomic E-state index is 12.5. The number of piperazine rings is 1. The Balaban J connectivity index is 1.45. The molecule has 0 saturated carbocycles. The zero-order chi connectivity index (χ0) is 19.2. The molecule has 0 aliphatic carbocycles. The number of nitrogens with zero attached hydrogens (tertiary/aromatic N) is 6. The van der Waals surface area contributed by atoms with Gasteiger partial charge in [0.1, 0.15) is 5.69 Å². The molecule has 1 amide bonds. The van der Waals surface area contributed by atoms with Gasteiger partial charge in [-0.05, 0) is 25.0 Å². The zero-order valence-corrected chi connectivity index (χ0v) is 16.4. The number of hydrogen-bond acceptors (Lipinski definition) is 6. The highest BCUT2D eigenvalue weighted by atomic mass is 16.2. The third kappa shape index (κ3) is 4.82. The zero-order valence-electron chi connectivity index (χ0n) is 16.4. The molecule has 3 rings (SSSR count). The first-order valence-corrected chi connectivity index (χ1v) is 9.68. The Morgan fingerprint density at radius 2 is 1.89 bits per heavy atom. The second kappa shape index (κ2) is 8.94. The number of aryl methyl sites for hydroxylation is 1. The van der Waals surface area contributed by atoms with Crippen molar-refractivity contribution >= 4 is 11.9 Å². The predicted octanol–water partition coefficient (Wildman–Crippen LogP) is 1.37. The van der Waals surface area contributed by atoms with Crippen LogP contribution in [0.5, 0.6) is 0 Å². The lowest BCUT2D eigenvalue weighted by atomic mass is 10.1. The van der Waals surface area contributed by atoms with Crippen molar-refractivity contribution in [1.29, 1.82) is 0 Å². The summed E-state index contributed by atoms with van der Waals surface area (Å²) in [4.78, 5) is 25.7. The molecule has 27 heavy (non-hydrogen) atoms. The van der Waals surface area contributed by atoms with Gasteiger partial charge >= 0.3 is 0 Å². The fourth-order valence-corrected chi connectivity index (χ4v) is 3.19. The van der Waals surface area contributed by atoms with Gasteiger partial charge in [-0.25, -0.2) is 9.97 Å². The molecule has 8 nitrogen and oxygen atoms in total. The summed E-state index contributed by atoms with van der Waals surface area (Å²) in [6.07, 6.45) is 3.55. The van der Waals surface area contributed by atoms with Crippen LogP contribution in [0, 0.1) is 0 Å². The fourth-order valence-electron chi connectivity index (χ4n) is 3.19. The van der Waals surface area contributed by atoms with Crippen LogP contribution in [0.3, 0.4) is 0 Å². The molecule has 1 N–H and O–H groups in total. The van der Waals surface area contributed by atoms with E-state index in [-0.39, 0.29) is 5.91 Å². The highest BCUT2D eigenvalue weighted by Gasteiger charge is 2.19. The van der Waals surface area contributed by atoms with Crippen molar-refractivity contribution in [2.24, 2.45) is 0 Å². The molecule has 8 heteroatoms. The van der Waals surface area contributed by atoms with E-state index in [4.69, 9.17) is 0 Å². The summed E-state index contributed by atoms with van der Waals surface area (Å²) in [5, 5.41) is 7.55. The van der Waals surface area contributed by atoms with E-state index in [1.165, 1.54) is 0 Å². The normalized spacial score (nSPS) is 15.3. The molecular formula is C19H29N7O. The Kier molecular flexibility index (Phi) is 6.39. The van der Waals surface area contributed by atoms with Gasteiger partial charge in [0.15, 0.2) is 0 Å². The van der Waals surface area contributed by atoms with E-state index < -0.39 is 0 Å². The molecule has 146 valence electrons. The molecule has 0 unspecified atom stereocenters. The van der Waals surface area contributed by atoms with Crippen molar-refractivity contribution in [3.8, 4) is 0 Å². The SMILES string of the molecule is CCn1nc(C(C)C)cc1C(=O)NCCN1CCN(c2ncccn2)CC1. The topological polar surface area (TPSA) is 79.2 Å². The molecule has 0 aromatic carbocycles. The number of aromatic nitrogens is 4. The molecule has 1 fully saturated rings. The molecule has 3 heterocycles. The van der Waals surface area contributed by atoms with E-state index in [0.717, 1.165) is 44.4 Å². The average molecular weight is 371 g/mol. The summed E-state index contributed by atoms with van der Waals surface area (Å²) in [5.74, 6) is 1.06. The largest absolute Gasteiger partial charge is 0.349 e. The van der Waals surface area contributed by atoms with Gasteiger partial charge < -0.3 is 10.2 Å². The molecule has 1 saturated heterocycles. The van der Waals surface area contributed by atoms with E-state index in [1.54, 1.807) is 17.1 Å². The lowest BCUT2D eigenvalue weighted by Gasteiger charge is -2.34. The first-order chi connectivity index (χ1) is 13.1. The molecule has 1 aliphatic heterocycles. The third-order valence-corrected chi connectivity index (χ3v) is 4.84. The highest BCUT2D eigenvalue weighted by Crippen LogP contribution is 2.14. The fraction of sp³-hybridized carbons (Fsp3) is 0.579. The van der Waals surface area contributed by atoms with Crippen LogP contribution in [0.25, 0.3) is 0 Å². The quantitative estimate of drug-likeness (QED) is 0.792. The van der Waals surface area contributed by atoms with Gasteiger partial charge in [-0.3, -0.25) is 14.4 Å². The lowest BCUT2D eigenvalue weighted by molar-refractivity contribution is 0.0937. The minimum atomic E-state index is -0.0485. The van der Waals surface area contributed by atoms with E-state index in [2.05, 4.69) is 44.0 Å². The van der Waals surface area contributed by atoms with Crippen molar-refractivity contribution < 1.29 is 4.79 Å². The molecule has 0 radical (unpaired) electrons. The number of amides is 1. The van der Waals surface area contributed by atoms with Crippen LogP contribution in [0.15, 0.2) is 24.5 Å². The summed E-state index contributed by atoms with van der Waals surface area (Å²) in [7, 11) is 0. The lowest BCUT2D eigenvalue weighted by Crippen LogP contribution is -2.49. The summed E-state index contributed by atoms with van der Waals surface area (Å²) in [6, 6.07) is 3.74. The monoisotopic (exact) mass is 371 g/mol. The molecule has 0 spiro atoms. The van der Waals surface area contributed by atoms with Crippen LogP contribution in [-0.4, -0.2) is 69.8 Å². The van der Waals surface area contributed by atoms with Gasteiger partial charge in [-0.2, -0.15) is 5.10 Å². The van der Waals surface area contributed by atoms with Crippen molar-refractivity contribution in [2.75, 3.05) is 44.2 Å². The van der Waals surface area contributed by atoms with Crippen LogP contribution in [0.1, 0.15) is 42.9 Å². The second-order valence-corrected chi connectivity index (χ2v) is 7.06. The number of carbonyl (C=O) groups excluding carboxylic acids is 1. The standard InChI is InChI=1S/C19H29N7O/c1-4-26-17(14-16(23-26)15(2)3)18(27)20-8-9-24-10-12-25(13-11-24)19-21-6-5-7-22-19/h5-7,14-15H,4,8-13H2,1-3H3,(H,20,27). The third-order valence-electron chi connectivity index (χ3n) is 4.84. The highest BCUT2D eigenvalue weighted by molar-refractivity contribution is 5.92. The first-order valence-electron chi connectivity index (χ1n) is 9.68. The minimum Gasteiger partial charge on any atom is -0.349 e. The molecule has 1 aliphatic rings. The van der Waals surface area contributed by atoms with Gasteiger partial charge in [0.25, 0.3) is 5.91 Å². The summed E-state index contributed by atoms with van der Waals surface area (Å²) < 4.78 is 1.78. The van der Waals surface area contributed by atoms with Gasteiger partial charge in [0.05, 0.1) is 5.69 Å². The summed E-state index contributed by atoms with van der Waals surface area (Å²) >= 11 is 0. The molecular weight excluding hydrogens is 342 g/mol. The Hall–Kier alpha value is -2.48. The Morgan fingerprint density at radius 1 is 1.19 bits per heavy atom. The molecule has 0 atom stereocenters. The van der Waals surface area contributed by atoms with Crippen LogP contribution in [-0.2, 0) is 6.54 Å². The molecule has 2 aromatic rings. The number of hydrogen-bond donors (Lipinski definition) is 1. The minimum absolute atomic E-state index is 0.0485. The maximum Gasteiger partial charge on any atom is 0.269 e. The van der Waals surface area contributed by atoms with Crippen molar-refractivity contribution in [3.63, 3.8) is 0 Å². The van der Waals surface area contributed by atoms with Crippen LogP contribution in [0.2, 0.25) is 0 Å². The number of anilines is 1. The number of rotatable bonds is 7. The van der Waals surface area contributed by atoms with Crippen LogP contribution in [0.4, 0.5) is 5.95 Å². The van der Waals surface area contributed by atoms with Crippen molar-refractivity contribution in [3.05, 3.63) is 35.9 Å². The van der Waals surface area contributed by atoms with E-state index >= 15 is 0 Å². The van der Waals surface area contributed by atoms with Crippen LogP contribution >= 0.6 is 0 Å². The Bertz CT molecular complexity index is 736. The predicted molar refractivity (Wildman–Crippen MR) is 105 cm³/mol. The number of nitrogens with one attached hydrogen (secondary N) is 1. The van der Waals surface area contributed by atoms with E-state index in [1.807, 2.05) is 19.1 Å². The second-order valence-electron chi connectivity index (χ2n) is 7.06. The molecule has 0 bridgehead atoms. The van der Waals surface area contributed by atoms with Gasteiger partial charge in [0.2, 0.25) is 5.95 Å². The maximum atomic E-state index is 12.5. The van der Waals surface area contributed by atoms with Crippen molar-refractivity contribution in [2.45, 2.75) is 33.2 Å². The van der Waals surface area contributed by atoms with Gasteiger partial charge in [-0.15, -0.1) is 0 Å². The van der Waals surface area contributed by atoms with E-state index in [9.17, 15) is 4.79 Å². The summed E-state index contributed by atoms with van der Waals surface area (Å²) in [6.45, 7) is 12.0. The Morgan fingerprint density at radius 3 is 2.52 bits per heavy atom. The van der Waals surface area contributed by atoms with E-state index in [0.29, 0.717) is 24.7 Å². The number of carbonyl (C=O) groups is 1. The average Bonchev–Trinajstić information content (AvgIpc) is 3.14. The summed E-state index contributed by atoms with van der Waals surface area (Å²) in [5.41, 5.74) is 1.61. The Labute approximate surface area is 160 Å². The van der Waals surface area contributed by atoms with Crippen molar-refractivity contribution in [1.82, 2.24) is 30.0 Å². The van der Waals surface area contributed by atoms with Gasteiger partial charge in [-0.1, -0.05) is 13.8 Å². The van der Waals surface area contributed by atoms with Crippen LogP contribution < -0.4 is 10.2 Å². The van der Waals surface area contributed by atoms with Gasteiger partial charge in [0, 0.05) is 58.2 Å². The first kappa shape index (κ1) is 19.3. The smallest absolute Gasteiger partial charge is 0.269 e. The molecule has 2 aromatic heterocycles.